The second kappa shape index (κ2) is 10.1. The topological polar surface area (TPSA) is 109 Å². The fourth-order valence-corrected chi connectivity index (χ4v) is 2.71. The molecule has 1 rings (SSSR count). The molecule has 7 nitrogen and oxygen atoms in total. The Morgan fingerprint density at radius 1 is 1.38 bits per heavy atom. The molecule has 1 aromatic rings. The molecule has 0 aliphatic rings. The lowest BCUT2D eigenvalue weighted by atomic mass is 10.1. The van der Waals surface area contributed by atoms with E-state index in [0.717, 1.165) is 12.8 Å². The summed E-state index contributed by atoms with van der Waals surface area (Å²) in [4.78, 5) is 16.0. The van der Waals surface area contributed by atoms with Gasteiger partial charge < -0.3 is 10.1 Å². The van der Waals surface area contributed by atoms with E-state index in [9.17, 15) is 13.2 Å². The highest BCUT2D eigenvalue weighted by Gasteiger charge is 2.17. The molecule has 142 valence electrons. The van der Waals surface area contributed by atoms with Crippen molar-refractivity contribution < 1.29 is 17.9 Å². The third kappa shape index (κ3) is 6.97. The van der Waals surface area contributed by atoms with Gasteiger partial charge in [-0.2, -0.15) is 0 Å². The van der Waals surface area contributed by atoms with Gasteiger partial charge in [-0.3, -0.25) is 15.2 Å². The van der Waals surface area contributed by atoms with Crippen LogP contribution in [0.25, 0.3) is 0 Å². The summed E-state index contributed by atoms with van der Waals surface area (Å²) in [7, 11) is 1.37. The SMILES string of the molecule is CCCC=N/C(C)=C/C(=O)NC(=N)c1cc(S(=O)(=O)Cl)ccc1OCC. The number of ether oxygens (including phenoxy) is 1. The van der Waals surface area contributed by atoms with Crippen LogP contribution in [0.15, 0.2) is 39.9 Å². The summed E-state index contributed by atoms with van der Waals surface area (Å²) in [6.45, 7) is 5.75. The second-order valence-corrected chi connectivity index (χ2v) is 7.85. The zero-order valence-electron chi connectivity index (χ0n) is 14.9. The van der Waals surface area contributed by atoms with Crippen LogP contribution in [0.4, 0.5) is 0 Å². The minimum Gasteiger partial charge on any atom is -0.493 e. The van der Waals surface area contributed by atoms with Crippen LogP contribution in [-0.2, 0) is 13.8 Å². The number of rotatable bonds is 8. The first-order chi connectivity index (χ1) is 12.2. The number of amidine groups is 1. The molecule has 1 aromatic carbocycles. The van der Waals surface area contributed by atoms with Crippen LogP contribution in [0.1, 0.15) is 39.2 Å². The fourth-order valence-electron chi connectivity index (χ4n) is 1.93. The fraction of sp³-hybridized carbons (Fsp3) is 0.353. The molecule has 0 heterocycles. The van der Waals surface area contributed by atoms with Gasteiger partial charge in [0, 0.05) is 28.7 Å². The Labute approximate surface area is 158 Å². The number of nitrogens with zero attached hydrogens (tertiary/aromatic N) is 1. The van der Waals surface area contributed by atoms with E-state index in [0.29, 0.717) is 12.3 Å². The van der Waals surface area contributed by atoms with E-state index >= 15 is 0 Å². The van der Waals surface area contributed by atoms with Crippen molar-refractivity contribution in [3.05, 3.63) is 35.5 Å². The van der Waals surface area contributed by atoms with Gasteiger partial charge in [0.25, 0.3) is 15.0 Å². The molecule has 0 atom stereocenters. The first kappa shape index (κ1) is 21.9. The van der Waals surface area contributed by atoms with Gasteiger partial charge in [0.05, 0.1) is 17.1 Å². The monoisotopic (exact) mass is 399 g/mol. The maximum atomic E-state index is 12.0. The lowest BCUT2D eigenvalue weighted by Gasteiger charge is -2.12. The molecule has 0 radical (unpaired) electrons. The van der Waals surface area contributed by atoms with Gasteiger partial charge in [-0.1, -0.05) is 13.3 Å². The van der Waals surface area contributed by atoms with E-state index in [2.05, 4.69) is 10.3 Å². The molecule has 0 fully saturated rings. The third-order valence-corrected chi connectivity index (χ3v) is 4.45. The quantitative estimate of drug-likeness (QED) is 0.302. The van der Waals surface area contributed by atoms with Gasteiger partial charge >= 0.3 is 0 Å². The highest BCUT2D eigenvalue weighted by atomic mass is 35.7. The number of hydrogen-bond acceptors (Lipinski definition) is 6. The maximum Gasteiger partial charge on any atom is 0.261 e. The van der Waals surface area contributed by atoms with Gasteiger partial charge in [-0.25, -0.2) is 8.42 Å². The average molecular weight is 400 g/mol. The van der Waals surface area contributed by atoms with Gasteiger partial charge in [-0.15, -0.1) is 0 Å². The number of carbonyl (C=O) groups excluding carboxylic acids is 1. The molecule has 0 aliphatic carbocycles. The normalized spacial score (nSPS) is 12.2. The van der Waals surface area contributed by atoms with Crippen LogP contribution in [0.3, 0.4) is 0 Å². The zero-order valence-corrected chi connectivity index (χ0v) is 16.4. The lowest BCUT2D eigenvalue weighted by Crippen LogP contribution is -2.29. The van der Waals surface area contributed by atoms with Crippen molar-refractivity contribution in [3.63, 3.8) is 0 Å². The number of amides is 1. The van der Waals surface area contributed by atoms with Gasteiger partial charge in [0.15, 0.2) is 0 Å². The summed E-state index contributed by atoms with van der Waals surface area (Å²) in [6, 6.07) is 3.86. The molecule has 0 aliphatic heterocycles. The van der Waals surface area contributed by atoms with Crippen molar-refractivity contribution in [2.45, 2.75) is 38.5 Å². The number of allylic oxidation sites excluding steroid dienone is 1. The van der Waals surface area contributed by atoms with E-state index in [-0.39, 0.29) is 22.0 Å². The van der Waals surface area contributed by atoms with E-state index < -0.39 is 15.0 Å². The predicted molar refractivity (Wildman–Crippen MR) is 103 cm³/mol. The number of nitrogens with one attached hydrogen (secondary N) is 2. The average Bonchev–Trinajstić information content (AvgIpc) is 2.54. The van der Waals surface area contributed by atoms with E-state index in [4.69, 9.17) is 20.8 Å². The van der Waals surface area contributed by atoms with Crippen LogP contribution >= 0.6 is 10.7 Å². The number of halogens is 1. The Bertz CT molecular complexity index is 832. The maximum absolute atomic E-state index is 12.0. The molecule has 26 heavy (non-hydrogen) atoms. The molecule has 0 aromatic heterocycles. The summed E-state index contributed by atoms with van der Waals surface area (Å²) in [5.74, 6) is -0.589. The Balaban J connectivity index is 3.04. The minimum atomic E-state index is -3.97. The zero-order chi connectivity index (χ0) is 19.7. The molecule has 0 unspecified atom stereocenters. The highest BCUT2D eigenvalue weighted by molar-refractivity contribution is 8.13. The number of hydrogen-bond donors (Lipinski definition) is 2. The molecule has 0 spiro atoms. The number of unbranched alkanes of at least 4 members (excludes halogenated alkanes) is 1. The molecule has 9 heteroatoms. The van der Waals surface area contributed by atoms with Crippen LogP contribution < -0.4 is 10.1 Å². The Morgan fingerprint density at radius 2 is 2.08 bits per heavy atom. The van der Waals surface area contributed by atoms with Crippen LogP contribution in [0.5, 0.6) is 5.75 Å². The first-order valence-corrected chi connectivity index (χ1v) is 10.3. The lowest BCUT2D eigenvalue weighted by molar-refractivity contribution is -0.115. The van der Waals surface area contributed by atoms with E-state index in [1.807, 2.05) is 6.92 Å². The molecule has 2 N–H and O–H groups in total. The number of benzene rings is 1. The van der Waals surface area contributed by atoms with Crippen molar-refractivity contribution in [1.29, 1.82) is 5.41 Å². The molecule has 0 bridgehead atoms. The Hall–Kier alpha value is -2.19. The summed E-state index contributed by atoms with van der Waals surface area (Å²) in [5.41, 5.74) is 0.605. The van der Waals surface area contributed by atoms with E-state index in [1.54, 1.807) is 20.1 Å². The smallest absolute Gasteiger partial charge is 0.261 e. The largest absolute Gasteiger partial charge is 0.493 e. The standard InChI is InChI=1S/C17H22ClN3O4S/c1-4-6-9-20-12(3)10-16(22)21-17(19)14-11-13(26(18,23)24)7-8-15(14)25-5-2/h7-11H,4-6H2,1-3H3,(H2,19,21,22)/b12-10+,20-9?. The number of aliphatic imine (C=N–C) groups is 1. The molecule has 1 amide bonds. The van der Waals surface area contributed by atoms with Crippen LogP contribution in [-0.4, -0.2) is 33.0 Å². The van der Waals surface area contributed by atoms with Crippen LogP contribution in [0, 0.1) is 5.41 Å². The molecule has 0 saturated heterocycles. The van der Waals surface area contributed by atoms with Gasteiger partial charge in [-0.05, 0) is 38.5 Å². The summed E-state index contributed by atoms with van der Waals surface area (Å²) < 4.78 is 28.4. The number of carbonyl (C=O) groups is 1. The van der Waals surface area contributed by atoms with Gasteiger partial charge in [0.1, 0.15) is 11.6 Å². The minimum absolute atomic E-state index is 0.113. The van der Waals surface area contributed by atoms with Crippen molar-refractivity contribution >= 4 is 37.7 Å². The predicted octanol–water partition coefficient (Wildman–Crippen LogP) is 3.23. The van der Waals surface area contributed by atoms with Crippen molar-refractivity contribution in [2.24, 2.45) is 4.99 Å². The summed E-state index contributed by atoms with van der Waals surface area (Å²) >= 11 is 0. The van der Waals surface area contributed by atoms with Crippen molar-refractivity contribution in [2.75, 3.05) is 6.61 Å². The molecule has 0 saturated carbocycles. The van der Waals surface area contributed by atoms with Gasteiger partial charge in [0.2, 0.25) is 0 Å². The Morgan fingerprint density at radius 3 is 2.65 bits per heavy atom. The molecular formula is C17H22ClN3O4S. The molecular weight excluding hydrogens is 378 g/mol. The first-order valence-electron chi connectivity index (χ1n) is 8.01. The highest BCUT2D eigenvalue weighted by Crippen LogP contribution is 2.24. The second-order valence-electron chi connectivity index (χ2n) is 5.28. The third-order valence-electron chi connectivity index (χ3n) is 3.10. The van der Waals surface area contributed by atoms with Crippen LogP contribution in [0.2, 0.25) is 0 Å². The van der Waals surface area contributed by atoms with Crippen molar-refractivity contribution in [1.82, 2.24) is 5.32 Å². The Kier molecular flexibility index (Phi) is 8.47. The van der Waals surface area contributed by atoms with E-state index in [1.165, 1.54) is 24.3 Å². The van der Waals surface area contributed by atoms with Crippen molar-refractivity contribution in [3.8, 4) is 5.75 Å². The summed E-state index contributed by atoms with van der Waals surface area (Å²) in [5, 5.41) is 10.4. The summed E-state index contributed by atoms with van der Waals surface area (Å²) in [6.07, 6.45) is 4.73.